The maximum Gasteiger partial charge on any atom is 0.506 e. The summed E-state index contributed by atoms with van der Waals surface area (Å²) >= 11 is 18.7. The smallest absolute Gasteiger partial charge is 0.493 e. The quantitative estimate of drug-likeness (QED) is 0.219. The first-order valence-electron chi connectivity index (χ1n) is 11.6. The molecule has 0 radical (unpaired) electrons. The van der Waals surface area contributed by atoms with Gasteiger partial charge in [0.05, 0.1) is 22.3 Å². The van der Waals surface area contributed by atoms with Crippen molar-refractivity contribution in [2.24, 2.45) is 0 Å². The zero-order valence-corrected chi connectivity index (χ0v) is 22.3. The predicted molar refractivity (Wildman–Crippen MR) is 148 cm³/mol. The van der Waals surface area contributed by atoms with Gasteiger partial charge in [0, 0.05) is 34.2 Å². The van der Waals surface area contributed by atoms with Gasteiger partial charge < -0.3 is 24.6 Å². The molecule has 1 atom stereocenters. The fraction of sp³-hybridized carbons (Fsp3) is 0.107. The molecule has 5 rings (SSSR count). The number of fused-ring (bicyclic) bond motifs is 1. The Morgan fingerprint density at radius 3 is 2.51 bits per heavy atom. The Hall–Kier alpha value is -3.98. The highest BCUT2D eigenvalue weighted by Crippen LogP contribution is 2.42. The van der Waals surface area contributed by atoms with Crippen LogP contribution in [-0.4, -0.2) is 28.8 Å². The summed E-state index contributed by atoms with van der Waals surface area (Å²) in [4.78, 5) is 28.3. The van der Waals surface area contributed by atoms with E-state index in [9.17, 15) is 9.59 Å². The Balaban J connectivity index is 1.28. The number of hydrogen-bond donors (Lipinski definition) is 2. The van der Waals surface area contributed by atoms with Crippen LogP contribution in [0.4, 0.5) is 10.6 Å². The average Bonchev–Trinajstić information content (AvgIpc) is 2.90. The van der Waals surface area contributed by atoms with Gasteiger partial charge in [-0.05, 0) is 60.7 Å². The van der Waals surface area contributed by atoms with Crippen LogP contribution in [-0.2, 0) is 4.74 Å². The van der Waals surface area contributed by atoms with Crippen molar-refractivity contribution in [2.75, 3.05) is 11.9 Å². The van der Waals surface area contributed by atoms with Crippen LogP contribution in [0.1, 0.15) is 28.4 Å². The van der Waals surface area contributed by atoms with Crippen LogP contribution in [0, 0.1) is 0 Å². The number of nitrogens with zero attached hydrogens (tertiary/aromatic N) is 1. The van der Waals surface area contributed by atoms with Gasteiger partial charge in [-0.15, -0.1) is 0 Å². The number of benzene rings is 3. The van der Waals surface area contributed by atoms with E-state index in [4.69, 9.17) is 54.1 Å². The van der Waals surface area contributed by atoms with Crippen molar-refractivity contribution in [1.29, 1.82) is 0 Å². The molecule has 1 amide bonds. The van der Waals surface area contributed by atoms with Crippen LogP contribution >= 0.6 is 34.8 Å². The lowest BCUT2D eigenvalue weighted by Crippen LogP contribution is -2.18. The van der Waals surface area contributed by atoms with Crippen LogP contribution in [0.5, 0.6) is 17.2 Å². The Bertz CT molecular complexity index is 1560. The lowest BCUT2D eigenvalue weighted by atomic mass is 10.0. The molecule has 1 aromatic heterocycles. The summed E-state index contributed by atoms with van der Waals surface area (Å²) in [6.45, 7) is 0.292. The molecule has 1 aliphatic heterocycles. The van der Waals surface area contributed by atoms with E-state index in [1.54, 1.807) is 72.8 Å². The minimum Gasteiger partial charge on any atom is -0.493 e. The molecule has 0 bridgehead atoms. The number of nitrogens with one attached hydrogen (secondary N) is 1. The van der Waals surface area contributed by atoms with Crippen molar-refractivity contribution in [3.8, 4) is 28.5 Å². The molecular weight excluding hydrogens is 567 g/mol. The highest BCUT2D eigenvalue weighted by molar-refractivity contribution is 6.36. The summed E-state index contributed by atoms with van der Waals surface area (Å²) < 4.78 is 16.5. The van der Waals surface area contributed by atoms with Crippen molar-refractivity contribution in [2.45, 2.75) is 12.5 Å². The fourth-order valence-corrected chi connectivity index (χ4v) is 4.74. The summed E-state index contributed by atoms with van der Waals surface area (Å²) in [5, 5.41) is 13.0. The molecule has 39 heavy (non-hydrogen) atoms. The number of carbonyl (C=O) groups is 2. The van der Waals surface area contributed by atoms with Gasteiger partial charge in [0.25, 0.3) is 5.91 Å². The number of carboxylic acid groups (broad SMARTS) is 1. The Morgan fingerprint density at radius 1 is 0.974 bits per heavy atom. The predicted octanol–water partition coefficient (Wildman–Crippen LogP) is 8.27. The third-order valence-corrected chi connectivity index (χ3v) is 6.68. The van der Waals surface area contributed by atoms with Crippen molar-refractivity contribution >= 4 is 52.7 Å². The molecule has 0 aliphatic carbocycles. The van der Waals surface area contributed by atoms with Gasteiger partial charge >= 0.3 is 6.16 Å². The Labute approximate surface area is 238 Å². The van der Waals surface area contributed by atoms with Crippen LogP contribution in [0.2, 0.25) is 15.1 Å². The van der Waals surface area contributed by atoms with Gasteiger partial charge in [0.2, 0.25) is 0 Å². The van der Waals surface area contributed by atoms with Crippen molar-refractivity contribution in [1.82, 2.24) is 4.98 Å². The SMILES string of the molecule is O=C(O)OC1CCOc2cc(Oc3ccc(C(=O)Nc4cccc(-c5ccc(Cl)cc5Cl)n4)cc3)c(Cl)cc21. The van der Waals surface area contributed by atoms with E-state index in [1.807, 2.05) is 0 Å². The van der Waals surface area contributed by atoms with Crippen LogP contribution in [0.25, 0.3) is 11.3 Å². The van der Waals surface area contributed by atoms with Crippen LogP contribution < -0.4 is 14.8 Å². The molecule has 1 aliphatic rings. The first kappa shape index (κ1) is 26.6. The molecule has 0 fully saturated rings. The molecule has 198 valence electrons. The van der Waals surface area contributed by atoms with Gasteiger partial charge in [0.1, 0.15) is 29.2 Å². The Morgan fingerprint density at radius 2 is 1.77 bits per heavy atom. The first-order valence-corrected chi connectivity index (χ1v) is 12.8. The molecule has 0 saturated heterocycles. The topological polar surface area (TPSA) is 107 Å². The second kappa shape index (κ2) is 11.4. The molecule has 1 unspecified atom stereocenters. The summed E-state index contributed by atoms with van der Waals surface area (Å²) in [7, 11) is 0. The standard InChI is InChI=1S/C28H19Cl3N2O6/c29-16-6-9-18(20(30)12-16)22-2-1-3-26(32-22)33-27(34)15-4-7-17(8-5-15)38-25-14-24-19(13-21(25)31)23(10-11-37-24)39-28(35)36/h1-9,12-14,23H,10-11H2,(H,35,36)(H,32,33,34). The Kier molecular flexibility index (Phi) is 7.79. The number of halogens is 3. The van der Waals surface area contributed by atoms with E-state index in [1.165, 1.54) is 0 Å². The van der Waals surface area contributed by atoms with E-state index in [-0.39, 0.29) is 10.9 Å². The van der Waals surface area contributed by atoms with E-state index in [0.29, 0.717) is 68.5 Å². The van der Waals surface area contributed by atoms with E-state index >= 15 is 0 Å². The van der Waals surface area contributed by atoms with Gasteiger partial charge in [-0.2, -0.15) is 0 Å². The van der Waals surface area contributed by atoms with Crippen LogP contribution in [0.15, 0.2) is 72.8 Å². The van der Waals surface area contributed by atoms with E-state index < -0.39 is 12.3 Å². The van der Waals surface area contributed by atoms with E-state index in [2.05, 4.69) is 10.3 Å². The molecule has 2 heterocycles. The minimum absolute atomic E-state index is 0.256. The lowest BCUT2D eigenvalue weighted by Gasteiger charge is -2.25. The van der Waals surface area contributed by atoms with Gasteiger partial charge in [-0.3, -0.25) is 4.79 Å². The highest BCUT2D eigenvalue weighted by atomic mass is 35.5. The molecular formula is C28H19Cl3N2O6. The number of ether oxygens (including phenoxy) is 3. The second-order valence-electron chi connectivity index (χ2n) is 8.44. The summed E-state index contributed by atoms with van der Waals surface area (Å²) in [5.74, 6) is 1.16. The lowest BCUT2D eigenvalue weighted by molar-refractivity contribution is 0.0326. The van der Waals surface area contributed by atoms with Crippen molar-refractivity contribution < 1.29 is 28.9 Å². The molecule has 0 saturated carbocycles. The minimum atomic E-state index is -1.37. The number of pyridine rings is 1. The maximum atomic E-state index is 12.8. The largest absolute Gasteiger partial charge is 0.506 e. The first-order chi connectivity index (χ1) is 18.8. The zero-order chi connectivity index (χ0) is 27.5. The van der Waals surface area contributed by atoms with Crippen molar-refractivity contribution in [3.63, 3.8) is 0 Å². The molecule has 11 heteroatoms. The molecule has 4 aromatic rings. The third kappa shape index (κ3) is 6.20. The zero-order valence-electron chi connectivity index (χ0n) is 20.0. The van der Waals surface area contributed by atoms with Gasteiger partial charge in [-0.1, -0.05) is 40.9 Å². The number of hydrogen-bond acceptors (Lipinski definition) is 6. The molecule has 3 aromatic carbocycles. The summed E-state index contributed by atoms with van der Waals surface area (Å²) in [6.07, 6.45) is -1.66. The van der Waals surface area contributed by atoms with E-state index in [0.717, 1.165) is 0 Å². The van der Waals surface area contributed by atoms with Crippen LogP contribution in [0.3, 0.4) is 0 Å². The summed E-state index contributed by atoms with van der Waals surface area (Å²) in [6, 6.07) is 19.9. The number of aromatic nitrogens is 1. The number of anilines is 1. The monoisotopic (exact) mass is 584 g/mol. The molecule has 8 nitrogen and oxygen atoms in total. The average molecular weight is 586 g/mol. The highest BCUT2D eigenvalue weighted by Gasteiger charge is 2.27. The molecule has 0 spiro atoms. The number of amides is 1. The third-order valence-electron chi connectivity index (χ3n) is 5.83. The summed E-state index contributed by atoms with van der Waals surface area (Å²) in [5.41, 5.74) is 2.19. The number of carbonyl (C=O) groups excluding carboxylic acids is 1. The van der Waals surface area contributed by atoms with Gasteiger partial charge in [0.15, 0.2) is 0 Å². The second-order valence-corrected chi connectivity index (χ2v) is 9.69. The maximum absolute atomic E-state index is 12.8. The van der Waals surface area contributed by atoms with Gasteiger partial charge in [-0.25, -0.2) is 9.78 Å². The molecule has 2 N–H and O–H groups in total. The number of rotatable bonds is 6. The van der Waals surface area contributed by atoms with Crippen molar-refractivity contribution in [3.05, 3.63) is 99.0 Å². The normalized spacial score (nSPS) is 14.1. The fourth-order valence-electron chi connectivity index (χ4n) is 4.02.